The molecule has 1 N–H and O–H groups in total. The molecule has 3 fully saturated rings. The average molecular weight is 392 g/mol. The number of nitrogens with one attached hydrogen (secondary N) is 1. The van der Waals surface area contributed by atoms with E-state index in [1.807, 2.05) is 0 Å². The van der Waals surface area contributed by atoms with E-state index in [1.54, 1.807) is 6.07 Å². The zero-order chi connectivity index (χ0) is 19.9. The fourth-order valence-electron chi connectivity index (χ4n) is 5.63. The lowest BCUT2D eigenvalue weighted by Crippen LogP contribution is -2.61. The van der Waals surface area contributed by atoms with Gasteiger partial charge in [-0.3, -0.25) is 4.79 Å². The summed E-state index contributed by atoms with van der Waals surface area (Å²) in [6.45, 7) is 4.36. The van der Waals surface area contributed by atoms with Crippen molar-refractivity contribution in [3.8, 4) is 0 Å². The minimum absolute atomic E-state index is 0.0319. The van der Waals surface area contributed by atoms with Crippen molar-refractivity contribution in [2.75, 3.05) is 0 Å². The van der Waals surface area contributed by atoms with Crippen molar-refractivity contribution in [1.29, 1.82) is 0 Å². The molecule has 28 heavy (non-hydrogen) atoms. The van der Waals surface area contributed by atoms with Crippen LogP contribution < -0.4 is 5.32 Å². The first-order valence-electron chi connectivity index (χ1n) is 10.8. The molecule has 0 bridgehead atoms. The lowest BCUT2D eigenvalue weighted by Gasteiger charge is -2.52. The van der Waals surface area contributed by atoms with E-state index in [0.29, 0.717) is 17.9 Å². The second-order valence-corrected chi connectivity index (χ2v) is 9.45. The van der Waals surface area contributed by atoms with Crippen molar-refractivity contribution < 1.29 is 18.3 Å². The molecule has 5 heteroatoms. The predicted molar refractivity (Wildman–Crippen MR) is 104 cm³/mol. The molecule has 5 atom stereocenters. The topological polar surface area (TPSA) is 38.3 Å². The summed E-state index contributed by atoms with van der Waals surface area (Å²) in [7, 11) is 0. The third kappa shape index (κ3) is 3.83. The van der Waals surface area contributed by atoms with E-state index in [9.17, 15) is 13.6 Å². The second-order valence-electron chi connectivity index (χ2n) is 9.45. The normalized spacial score (nSPS) is 36.1. The van der Waals surface area contributed by atoms with E-state index < -0.39 is 17.2 Å². The molecule has 0 spiro atoms. The molecule has 0 radical (unpaired) electrons. The molecule has 2 saturated carbocycles. The van der Waals surface area contributed by atoms with Gasteiger partial charge in [-0.2, -0.15) is 0 Å². The number of rotatable bonds is 3. The fraction of sp³-hybridized carbons (Fsp3) is 0.696. The standard InChI is InChI=1S/C23H31F2NO2/c1-14-7-9-17-20(11-14)28-21(16-8-10-18(24)19(25)12-16)13-23(17,2)26-22(27)15-5-3-4-6-15/h8,10,12,14-15,17,20-21H,3-7,9,11,13H2,1-2H3,(H,26,27)/t14-,17-,20-,21-,23-/m0/s1. The molecule has 1 amide bonds. The van der Waals surface area contributed by atoms with Gasteiger partial charge < -0.3 is 10.1 Å². The Kier molecular flexibility index (Phi) is 5.47. The Hall–Kier alpha value is -1.49. The average Bonchev–Trinajstić information content (AvgIpc) is 3.18. The molecule has 154 valence electrons. The van der Waals surface area contributed by atoms with Crippen molar-refractivity contribution in [2.24, 2.45) is 17.8 Å². The van der Waals surface area contributed by atoms with Gasteiger partial charge in [-0.15, -0.1) is 0 Å². The van der Waals surface area contributed by atoms with Crippen molar-refractivity contribution in [3.05, 3.63) is 35.4 Å². The first kappa shape index (κ1) is 19.8. The lowest BCUT2D eigenvalue weighted by molar-refractivity contribution is -0.155. The third-order valence-electron chi connectivity index (χ3n) is 7.27. The molecule has 1 saturated heterocycles. The van der Waals surface area contributed by atoms with E-state index in [2.05, 4.69) is 19.2 Å². The van der Waals surface area contributed by atoms with Crippen LogP contribution in [0.5, 0.6) is 0 Å². The number of hydrogen-bond acceptors (Lipinski definition) is 2. The maximum atomic E-state index is 13.8. The maximum Gasteiger partial charge on any atom is 0.223 e. The fourth-order valence-corrected chi connectivity index (χ4v) is 5.63. The van der Waals surface area contributed by atoms with Crippen LogP contribution in [0.1, 0.15) is 76.9 Å². The highest BCUT2D eigenvalue weighted by Crippen LogP contribution is 2.48. The molecular formula is C23H31F2NO2. The Bertz CT molecular complexity index is 733. The third-order valence-corrected chi connectivity index (χ3v) is 7.27. The number of fused-ring (bicyclic) bond motifs is 1. The Morgan fingerprint density at radius 1 is 1.14 bits per heavy atom. The summed E-state index contributed by atoms with van der Waals surface area (Å²) in [5, 5.41) is 3.39. The molecule has 1 aliphatic heterocycles. The summed E-state index contributed by atoms with van der Waals surface area (Å²) in [6.07, 6.45) is 7.57. The van der Waals surface area contributed by atoms with E-state index >= 15 is 0 Å². The lowest BCUT2D eigenvalue weighted by atomic mass is 9.66. The molecule has 3 nitrogen and oxygen atoms in total. The highest BCUT2D eigenvalue weighted by molar-refractivity contribution is 5.79. The highest BCUT2D eigenvalue weighted by Gasteiger charge is 2.50. The summed E-state index contributed by atoms with van der Waals surface area (Å²) in [5.41, 5.74) is 0.259. The van der Waals surface area contributed by atoms with Gasteiger partial charge in [0.05, 0.1) is 12.2 Å². The van der Waals surface area contributed by atoms with Gasteiger partial charge in [0.1, 0.15) is 0 Å². The van der Waals surface area contributed by atoms with Gasteiger partial charge in [-0.1, -0.05) is 32.3 Å². The van der Waals surface area contributed by atoms with Crippen LogP contribution in [0.4, 0.5) is 8.78 Å². The van der Waals surface area contributed by atoms with Gasteiger partial charge in [0.25, 0.3) is 0 Å². The molecule has 1 aromatic carbocycles. The number of amides is 1. The van der Waals surface area contributed by atoms with Crippen LogP contribution in [0.25, 0.3) is 0 Å². The SMILES string of the molecule is C[C@H]1CC[C@H]2[C@H](C1)O[C@H](c1ccc(F)c(F)c1)C[C@]2(C)NC(=O)C1CCCC1. The van der Waals surface area contributed by atoms with E-state index in [4.69, 9.17) is 4.74 Å². The Labute approximate surface area is 166 Å². The molecule has 4 rings (SSSR count). The summed E-state index contributed by atoms with van der Waals surface area (Å²) in [4.78, 5) is 12.9. The monoisotopic (exact) mass is 391 g/mol. The largest absolute Gasteiger partial charge is 0.370 e. The van der Waals surface area contributed by atoms with Gasteiger partial charge >= 0.3 is 0 Å². The first-order valence-corrected chi connectivity index (χ1v) is 10.8. The van der Waals surface area contributed by atoms with Gasteiger partial charge in [-0.25, -0.2) is 8.78 Å². The minimum Gasteiger partial charge on any atom is -0.370 e. The summed E-state index contributed by atoms with van der Waals surface area (Å²) in [5.74, 6) is -0.598. The summed E-state index contributed by atoms with van der Waals surface area (Å²) in [6, 6.07) is 4.01. The van der Waals surface area contributed by atoms with Gasteiger partial charge in [-0.05, 0) is 56.2 Å². The van der Waals surface area contributed by atoms with Crippen molar-refractivity contribution >= 4 is 5.91 Å². The number of halogens is 2. The van der Waals surface area contributed by atoms with E-state index in [-0.39, 0.29) is 30.0 Å². The van der Waals surface area contributed by atoms with Crippen LogP contribution in [0.15, 0.2) is 18.2 Å². The van der Waals surface area contributed by atoms with Crippen molar-refractivity contribution in [1.82, 2.24) is 5.32 Å². The molecular weight excluding hydrogens is 360 g/mol. The highest BCUT2D eigenvalue weighted by atomic mass is 19.2. The van der Waals surface area contributed by atoms with Crippen LogP contribution in [0, 0.1) is 29.4 Å². The molecule has 1 heterocycles. The number of benzene rings is 1. The molecule has 2 aliphatic carbocycles. The molecule has 0 unspecified atom stereocenters. The molecule has 3 aliphatic rings. The smallest absolute Gasteiger partial charge is 0.223 e. The Morgan fingerprint density at radius 3 is 2.61 bits per heavy atom. The quantitative estimate of drug-likeness (QED) is 0.760. The number of ether oxygens (including phenoxy) is 1. The van der Waals surface area contributed by atoms with Crippen molar-refractivity contribution in [2.45, 2.75) is 83.0 Å². The predicted octanol–water partition coefficient (Wildman–Crippen LogP) is 5.30. The van der Waals surface area contributed by atoms with Gasteiger partial charge in [0.15, 0.2) is 11.6 Å². The van der Waals surface area contributed by atoms with Gasteiger partial charge in [0.2, 0.25) is 5.91 Å². The van der Waals surface area contributed by atoms with Crippen LogP contribution in [-0.2, 0) is 9.53 Å². The maximum absolute atomic E-state index is 13.8. The van der Waals surface area contributed by atoms with E-state index in [0.717, 1.165) is 51.0 Å². The van der Waals surface area contributed by atoms with E-state index in [1.165, 1.54) is 6.07 Å². The Morgan fingerprint density at radius 2 is 1.89 bits per heavy atom. The van der Waals surface area contributed by atoms with Crippen molar-refractivity contribution in [3.63, 3.8) is 0 Å². The summed E-state index contributed by atoms with van der Waals surface area (Å²) < 4.78 is 33.6. The summed E-state index contributed by atoms with van der Waals surface area (Å²) >= 11 is 0. The zero-order valence-corrected chi connectivity index (χ0v) is 16.8. The van der Waals surface area contributed by atoms with Crippen LogP contribution >= 0.6 is 0 Å². The number of carbonyl (C=O) groups is 1. The first-order chi connectivity index (χ1) is 13.4. The van der Waals surface area contributed by atoms with Gasteiger partial charge in [0, 0.05) is 23.8 Å². The minimum atomic E-state index is -0.850. The van der Waals surface area contributed by atoms with Crippen LogP contribution in [0.3, 0.4) is 0 Å². The number of carbonyl (C=O) groups excluding carboxylic acids is 1. The number of hydrogen-bond donors (Lipinski definition) is 1. The Balaban J connectivity index is 1.60. The second kappa shape index (κ2) is 7.74. The van der Waals surface area contributed by atoms with Crippen LogP contribution in [-0.4, -0.2) is 17.6 Å². The molecule has 1 aromatic rings. The molecule has 0 aromatic heterocycles. The van der Waals surface area contributed by atoms with Crippen LogP contribution in [0.2, 0.25) is 0 Å². The zero-order valence-electron chi connectivity index (χ0n) is 16.8.